The van der Waals surface area contributed by atoms with Crippen molar-refractivity contribution in [2.45, 2.75) is 39.2 Å². The Morgan fingerprint density at radius 2 is 1.91 bits per heavy atom. The summed E-state index contributed by atoms with van der Waals surface area (Å²) < 4.78 is 29.5. The number of likely N-dealkylation sites (tertiary alicyclic amines) is 1. The van der Waals surface area contributed by atoms with Gasteiger partial charge in [0.05, 0.1) is 15.6 Å². The van der Waals surface area contributed by atoms with Crippen LogP contribution in [0.15, 0.2) is 29.8 Å². The number of carbonyl (C=O) groups is 2. The molecule has 1 N–H and O–H groups in total. The van der Waals surface area contributed by atoms with Crippen molar-refractivity contribution in [1.29, 1.82) is 0 Å². The smallest absolute Gasteiger partial charge is 0.274 e. The number of rotatable bonds is 5. The lowest BCUT2D eigenvalue weighted by Crippen LogP contribution is -2.49. The van der Waals surface area contributed by atoms with Crippen LogP contribution in [0.4, 0.5) is 8.78 Å². The second kappa shape index (κ2) is 9.46. The normalized spacial score (nSPS) is 16.1. The highest BCUT2D eigenvalue weighted by atomic mass is 32.1. The van der Waals surface area contributed by atoms with E-state index >= 15 is 0 Å². The third kappa shape index (κ3) is 4.57. The van der Waals surface area contributed by atoms with E-state index in [0.717, 1.165) is 30.3 Å². The van der Waals surface area contributed by atoms with E-state index in [1.165, 1.54) is 34.8 Å². The maximum atomic E-state index is 13.9. The van der Waals surface area contributed by atoms with E-state index in [1.54, 1.807) is 23.1 Å². The van der Waals surface area contributed by atoms with Gasteiger partial charge in [-0.15, -0.1) is 22.7 Å². The van der Waals surface area contributed by atoms with Crippen LogP contribution in [0.1, 0.15) is 50.9 Å². The third-order valence-electron chi connectivity index (χ3n) is 6.10. The van der Waals surface area contributed by atoms with E-state index in [1.807, 2.05) is 11.6 Å². The van der Waals surface area contributed by atoms with Crippen LogP contribution in [-0.4, -0.2) is 50.2 Å². The van der Waals surface area contributed by atoms with Crippen molar-refractivity contribution in [3.63, 3.8) is 0 Å². The molecule has 2 amide bonds. The van der Waals surface area contributed by atoms with Crippen LogP contribution in [0.2, 0.25) is 0 Å². The van der Waals surface area contributed by atoms with E-state index in [9.17, 15) is 18.4 Å². The first kappa shape index (κ1) is 23.6. The minimum absolute atomic E-state index is 0.183. The topological polar surface area (TPSA) is 79.6 Å². The Kier molecular flexibility index (Phi) is 6.37. The van der Waals surface area contributed by atoms with Crippen LogP contribution in [0, 0.1) is 25.5 Å². The van der Waals surface area contributed by atoms with E-state index in [2.05, 4.69) is 15.3 Å². The van der Waals surface area contributed by atoms with Crippen LogP contribution in [-0.2, 0) is 0 Å². The van der Waals surface area contributed by atoms with Crippen LogP contribution in [0.5, 0.6) is 0 Å². The van der Waals surface area contributed by atoms with Gasteiger partial charge in [0.1, 0.15) is 23.0 Å². The molecule has 1 saturated heterocycles. The third-order valence-corrected chi connectivity index (χ3v) is 7.88. The van der Waals surface area contributed by atoms with Gasteiger partial charge in [0.15, 0.2) is 4.96 Å². The van der Waals surface area contributed by atoms with Crippen molar-refractivity contribution in [3.05, 3.63) is 63.5 Å². The van der Waals surface area contributed by atoms with Crippen molar-refractivity contribution in [2.75, 3.05) is 13.1 Å². The number of hydrogen-bond donors (Lipinski definition) is 1. The fourth-order valence-corrected chi connectivity index (χ4v) is 6.19. The van der Waals surface area contributed by atoms with Gasteiger partial charge in [0, 0.05) is 36.8 Å². The largest absolute Gasteiger partial charge is 0.349 e. The number of aryl methyl sites for hydroxylation is 2. The summed E-state index contributed by atoms with van der Waals surface area (Å²) in [7, 11) is 0. The average Bonchev–Trinajstić information content (AvgIpc) is 3.50. The zero-order valence-electron chi connectivity index (χ0n) is 19.2. The summed E-state index contributed by atoms with van der Waals surface area (Å²) in [5, 5.41) is 5.48. The lowest BCUT2D eigenvalue weighted by molar-refractivity contribution is 0.0597. The molecule has 11 heteroatoms. The number of aromatic nitrogens is 3. The molecular formula is C24H23F2N5O2S2. The molecule has 0 saturated carbocycles. The molecule has 1 aliphatic rings. The molecule has 7 nitrogen and oxygen atoms in total. The van der Waals surface area contributed by atoms with Crippen molar-refractivity contribution in [3.8, 4) is 10.4 Å². The van der Waals surface area contributed by atoms with E-state index in [4.69, 9.17) is 0 Å². The van der Waals surface area contributed by atoms with Gasteiger partial charge in [-0.05, 0) is 50.8 Å². The molecule has 4 heterocycles. The second-order valence-corrected chi connectivity index (χ2v) is 10.6. The maximum absolute atomic E-state index is 13.9. The molecule has 3 aromatic heterocycles. The molecule has 5 rings (SSSR count). The fourth-order valence-electron chi connectivity index (χ4n) is 4.53. The average molecular weight is 516 g/mol. The van der Waals surface area contributed by atoms with Crippen molar-refractivity contribution >= 4 is 39.4 Å². The van der Waals surface area contributed by atoms with Gasteiger partial charge in [-0.2, -0.15) is 0 Å². The summed E-state index contributed by atoms with van der Waals surface area (Å²) in [6.07, 6.45) is 4.31. The molecule has 0 radical (unpaired) electrons. The molecule has 1 fully saturated rings. The molecule has 1 aromatic carbocycles. The van der Waals surface area contributed by atoms with E-state index in [0.29, 0.717) is 27.8 Å². The fraction of sp³-hybridized carbons (Fsp3) is 0.333. The summed E-state index contributed by atoms with van der Waals surface area (Å²) in [5.74, 6) is -1.96. The van der Waals surface area contributed by atoms with Crippen LogP contribution < -0.4 is 5.32 Å². The number of halogens is 2. The Morgan fingerprint density at radius 1 is 1.14 bits per heavy atom. The Balaban J connectivity index is 1.37. The van der Waals surface area contributed by atoms with Gasteiger partial charge in [-0.3, -0.25) is 14.0 Å². The van der Waals surface area contributed by atoms with Gasteiger partial charge in [-0.1, -0.05) is 0 Å². The molecular weight excluding hydrogens is 492 g/mol. The van der Waals surface area contributed by atoms with Gasteiger partial charge in [0.2, 0.25) is 0 Å². The number of fused-ring (bicyclic) bond motifs is 1. The summed E-state index contributed by atoms with van der Waals surface area (Å²) in [6, 6.07) is 3.00. The number of benzene rings is 1. The van der Waals surface area contributed by atoms with Gasteiger partial charge in [0.25, 0.3) is 11.8 Å². The van der Waals surface area contributed by atoms with Crippen molar-refractivity contribution in [1.82, 2.24) is 24.6 Å². The number of imidazole rings is 1. The second-order valence-electron chi connectivity index (χ2n) is 8.53. The molecule has 4 aromatic rings. The first-order valence-corrected chi connectivity index (χ1v) is 13.0. The van der Waals surface area contributed by atoms with Gasteiger partial charge < -0.3 is 10.2 Å². The van der Waals surface area contributed by atoms with E-state index in [-0.39, 0.29) is 35.7 Å². The highest BCUT2D eigenvalue weighted by Gasteiger charge is 2.32. The Labute approximate surface area is 208 Å². The summed E-state index contributed by atoms with van der Waals surface area (Å²) in [6.45, 7) is 4.36. The lowest BCUT2D eigenvalue weighted by atomic mass is 10.0. The highest BCUT2D eigenvalue weighted by molar-refractivity contribution is 7.15. The van der Waals surface area contributed by atoms with Crippen molar-refractivity contribution < 1.29 is 18.4 Å². The first-order chi connectivity index (χ1) is 16.8. The highest BCUT2D eigenvalue weighted by Crippen LogP contribution is 2.33. The molecule has 182 valence electrons. The Bertz CT molecular complexity index is 1410. The molecule has 1 aliphatic heterocycles. The number of piperidine rings is 1. The standard InChI is InChI=1S/C24H23F2N5O2S2/c1-13-20(31-7-8-34-24(31)28-13)22(32)27-12-18-5-3-4-6-30(18)23(33)19-21(35-14(2)29-19)15-9-16(25)11-17(26)10-15/h7-11,18H,3-6,12H2,1-2H3,(H,27,32)/t18-/m0/s1. The molecule has 0 spiro atoms. The SMILES string of the molecule is Cc1nc(C(=O)N2CCCC[C@H]2CNC(=O)c2c(C)nc3sccn23)c(-c2cc(F)cc(F)c2)s1. The van der Waals surface area contributed by atoms with Crippen LogP contribution >= 0.6 is 22.7 Å². The maximum Gasteiger partial charge on any atom is 0.274 e. The zero-order chi connectivity index (χ0) is 24.7. The molecule has 0 aliphatic carbocycles. The summed E-state index contributed by atoms with van der Waals surface area (Å²) in [4.78, 5) is 38.3. The van der Waals surface area contributed by atoms with Crippen LogP contribution in [0.25, 0.3) is 15.4 Å². The van der Waals surface area contributed by atoms with Crippen molar-refractivity contribution in [2.24, 2.45) is 0 Å². The Hall–Kier alpha value is -3.18. The predicted molar refractivity (Wildman–Crippen MR) is 131 cm³/mol. The van der Waals surface area contributed by atoms with Gasteiger partial charge >= 0.3 is 0 Å². The quantitative estimate of drug-likeness (QED) is 0.413. The molecule has 1 atom stereocenters. The number of thiazole rings is 2. The number of nitrogens with one attached hydrogen (secondary N) is 1. The monoisotopic (exact) mass is 515 g/mol. The minimum Gasteiger partial charge on any atom is -0.349 e. The number of carbonyl (C=O) groups excluding carboxylic acids is 2. The molecule has 0 unspecified atom stereocenters. The summed E-state index contributed by atoms with van der Waals surface area (Å²) in [5.41, 5.74) is 1.60. The predicted octanol–water partition coefficient (Wildman–Crippen LogP) is 4.84. The van der Waals surface area contributed by atoms with Gasteiger partial charge in [-0.25, -0.2) is 18.7 Å². The number of amides is 2. The number of hydrogen-bond acceptors (Lipinski definition) is 6. The summed E-state index contributed by atoms with van der Waals surface area (Å²) >= 11 is 2.69. The van der Waals surface area contributed by atoms with E-state index < -0.39 is 11.6 Å². The minimum atomic E-state index is -0.710. The Morgan fingerprint density at radius 3 is 2.69 bits per heavy atom. The first-order valence-electron chi connectivity index (χ1n) is 11.3. The molecule has 0 bridgehead atoms. The van der Waals surface area contributed by atoms with Crippen LogP contribution in [0.3, 0.4) is 0 Å². The lowest BCUT2D eigenvalue weighted by Gasteiger charge is -2.35. The number of nitrogens with zero attached hydrogens (tertiary/aromatic N) is 4. The zero-order valence-corrected chi connectivity index (χ0v) is 20.8. The molecule has 35 heavy (non-hydrogen) atoms.